The molecule has 0 bridgehead atoms. The van der Waals surface area contributed by atoms with Crippen LogP contribution in [0.4, 0.5) is 4.39 Å². The normalized spacial score (nSPS) is 11.0. The van der Waals surface area contributed by atoms with Crippen LogP contribution in [0.1, 0.15) is 11.1 Å². The summed E-state index contributed by atoms with van der Waals surface area (Å²) in [7, 11) is 0. The number of aromatic nitrogens is 1. The van der Waals surface area contributed by atoms with Gasteiger partial charge in [-0.3, -0.25) is 0 Å². The van der Waals surface area contributed by atoms with E-state index in [1.807, 2.05) is 36.4 Å². The van der Waals surface area contributed by atoms with Gasteiger partial charge in [-0.15, -0.1) is 0 Å². The van der Waals surface area contributed by atoms with Crippen molar-refractivity contribution in [3.8, 4) is 0 Å². The van der Waals surface area contributed by atoms with Crippen molar-refractivity contribution < 1.29 is 9.23 Å². The first-order valence-electron chi connectivity index (χ1n) is 7.48. The van der Waals surface area contributed by atoms with Crippen molar-refractivity contribution in [3.63, 3.8) is 0 Å². The molecule has 0 atom stereocenters. The molecular weight excluding hydrogens is 359 g/mol. The molecule has 0 spiro atoms. The van der Waals surface area contributed by atoms with E-state index in [1.165, 1.54) is 12.1 Å². The number of rotatable bonds is 6. The molecule has 0 saturated carbocycles. The fourth-order valence-electron chi connectivity index (χ4n) is 1.99. The Hall–Kier alpha value is -2.37. The van der Waals surface area contributed by atoms with Crippen LogP contribution in [0.3, 0.4) is 0 Å². The summed E-state index contributed by atoms with van der Waals surface area (Å²) in [5.41, 5.74) is 1.55. The number of hydrogen-bond donors (Lipinski definition) is 0. The highest BCUT2D eigenvalue weighted by molar-refractivity contribution is 7.99. The fourth-order valence-corrected chi connectivity index (χ4v) is 2.87. The molecule has 0 fully saturated rings. The molecule has 1 heterocycles. The number of nitrogens with zero attached hydrogens (tertiary/aromatic N) is 2. The third kappa shape index (κ3) is 5.59. The number of pyridine rings is 1. The molecule has 0 aliphatic rings. The molecule has 3 aromatic rings. The third-order valence-corrected chi connectivity index (χ3v) is 4.40. The second-order valence-corrected chi connectivity index (χ2v) is 6.65. The Balaban J connectivity index is 1.52. The molecule has 0 amide bonds. The quantitative estimate of drug-likeness (QED) is 0.418. The summed E-state index contributed by atoms with van der Waals surface area (Å²) < 4.78 is 13.0. The largest absolute Gasteiger partial charge is 0.391 e. The predicted octanol–water partition coefficient (Wildman–Crippen LogP) is 5.58. The van der Waals surface area contributed by atoms with Crippen LogP contribution in [0, 0.1) is 5.82 Å². The van der Waals surface area contributed by atoms with Crippen LogP contribution in [0.2, 0.25) is 5.02 Å². The lowest BCUT2D eigenvalue weighted by atomic mass is 10.2. The van der Waals surface area contributed by atoms with Crippen molar-refractivity contribution in [2.24, 2.45) is 5.16 Å². The van der Waals surface area contributed by atoms with Gasteiger partial charge in [0.1, 0.15) is 17.5 Å². The molecule has 0 N–H and O–H groups in total. The molecule has 0 radical (unpaired) electrons. The van der Waals surface area contributed by atoms with Gasteiger partial charge in [0.15, 0.2) is 0 Å². The van der Waals surface area contributed by atoms with Gasteiger partial charge in [0.2, 0.25) is 0 Å². The van der Waals surface area contributed by atoms with E-state index in [0.29, 0.717) is 5.02 Å². The van der Waals surface area contributed by atoms with Crippen molar-refractivity contribution in [1.29, 1.82) is 0 Å². The number of hydrogen-bond acceptors (Lipinski definition) is 4. The van der Waals surface area contributed by atoms with Gasteiger partial charge in [0, 0.05) is 21.7 Å². The SMILES string of the molecule is Fc1cccc(CO/N=C/c2ccc(Sc3ccc(Cl)cc3)nc2)c1. The van der Waals surface area contributed by atoms with Crippen LogP contribution in [-0.2, 0) is 11.4 Å². The minimum Gasteiger partial charge on any atom is -0.391 e. The lowest BCUT2D eigenvalue weighted by Gasteiger charge is -2.02. The highest BCUT2D eigenvalue weighted by Crippen LogP contribution is 2.26. The Labute approximate surface area is 154 Å². The van der Waals surface area contributed by atoms with Gasteiger partial charge in [0.05, 0.1) is 6.21 Å². The maximum atomic E-state index is 13.0. The number of oxime groups is 1. The van der Waals surface area contributed by atoms with Crippen molar-refractivity contribution in [2.75, 3.05) is 0 Å². The van der Waals surface area contributed by atoms with Crippen LogP contribution in [0.5, 0.6) is 0 Å². The molecular formula is C19H14ClFN2OS. The van der Waals surface area contributed by atoms with Crippen molar-refractivity contribution in [1.82, 2.24) is 4.98 Å². The van der Waals surface area contributed by atoms with E-state index in [4.69, 9.17) is 16.4 Å². The van der Waals surface area contributed by atoms with E-state index >= 15 is 0 Å². The summed E-state index contributed by atoms with van der Waals surface area (Å²) in [6.07, 6.45) is 3.29. The molecule has 3 rings (SSSR count). The zero-order chi connectivity index (χ0) is 17.5. The Bertz CT molecular complexity index is 854. The first-order valence-corrected chi connectivity index (χ1v) is 8.68. The van der Waals surface area contributed by atoms with Crippen LogP contribution in [-0.4, -0.2) is 11.2 Å². The van der Waals surface area contributed by atoms with Crippen LogP contribution in [0.25, 0.3) is 0 Å². The smallest absolute Gasteiger partial charge is 0.142 e. The Kier molecular flexibility index (Phi) is 6.04. The summed E-state index contributed by atoms with van der Waals surface area (Å²) in [5.74, 6) is -0.289. The number of benzene rings is 2. The summed E-state index contributed by atoms with van der Waals surface area (Å²) in [6.45, 7) is 0.214. The second-order valence-electron chi connectivity index (χ2n) is 5.12. The fraction of sp³-hybridized carbons (Fsp3) is 0.0526. The molecule has 0 aliphatic carbocycles. The lowest BCUT2D eigenvalue weighted by molar-refractivity contribution is 0.132. The summed E-state index contributed by atoms with van der Waals surface area (Å²) in [6, 6.07) is 17.6. The van der Waals surface area contributed by atoms with Gasteiger partial charge in [-0.25, -0.2) is 9.37 Å². The maximum absolute atomic E-state index is 13.0. The molecule has 0 aliphatic heterocycles. The molecule has 126 valence electrons. The summed E-state index contributed by atoms with van der Waals surface area (Å²) in [4.78, 5) is 10.6. The average molecular weight is 373 g/mol. The van der Waals surface area contributed by atoms with Gasteiger partial charge in [-0.05, 0) is 54.1 Å². The first-order chi connectivity index (χ1) is 12.2. The first kappa shape index (κ1) is 17.5. The Morgan fingerprint density at radius 1 is 1.12 bits per heavy atom. The zero-order valence-corrected chi connectivity index (χ0v) is 14.7. The highest BCUT2D eigenvalue weighted by atomic mass is 35.5. The molecule has 0 saturated heterocycles. The van der Waals surface area contributed by atoms with Gasteiger partial charge in [0.25, 0.3) is 0 Å². The van der Waals surface area contributed by atoms with Crippen LogP contribution in [0.15, 0.2) is 81.9 Å². The number of halogens is 2. The molecule has 25 heavy (non-hydrogen) atoms. The standard InChI is InChI=1S/C19H14ClFN2OS/c20-16-5-7-18(8-6-16)25-19-9-4-15(11-22-19)12-23-24-13-14-2-1-3-17(21)10-14/h1-12H,13H2/b23-12+. The summed E-state index contributed by atoms with van der Waals surface area (Å²) in [5, 5.41) is 5.47. The minimum atomic E-state index is -0.289. The van der Waals surface area contributed by atoms with Gasteiger partial charge in [-0.1, -0.05) is 40.7 Å². The lowest BCUT2D eigenvalue weighted by Crippen LogP contribution is -1.90. The third-order valence-electron chi connectivity index (χ3n) is 3.19. The molecule has 0 unspecified atom stereocenters. The summed E-state index contributed by atoms with van der Waals surface area (Å²) >= 11 is 7.42. The highest BCUT2D eigenvalue weighted by Gasteiger charge is 1.99. The van der Waals surface area contributed by atoms with E-state index in [9.17, 15) is 4.39 Å². The zero-order valence-electron chi connectivity index (χ0n) is 13.1. The Morgan fingerprint density at radius 2 is 1.96 bits per heavy atom. The van der Waals surface area contributed by atoms with Gasteiger partial charge >= 0.3 is 0 Å². The topological polar surface area (TPSA) is 34.5 Å². The maximum Gasteiger partial charge on any atom is 0.142 e. The van der Waals surface area contributed by atoms with E-state index in [2.05, 4.69) is 10.1 Å². The molecule has 3 nitrogen and oxygen atoms in total. The van der Waals surface area contributed by atoms with Crippen LogP contribution >= 0.6 is 23.4 Å². The second kappa shape index (κ2) is 8.65. The average Bonchev–Trinajstić information content (AvgIpc) is 2.62. The van der Waals surface area contributed by atoms with E-state index in [0.717, 1.165) is 21.0 Å². The van der Waals surface area contributed by atoms with Crippen molar-refractivity contribution >= 4 is 29.6 Å². The van der Waals surface area contributed by atoms with Crippen LogP contribution < -0.4 is 0 Å². The van der Waals surface area contributed by atoms with E-state index in [-0.39, 0.29) is 12.4 Å². The molecule has 1 aromatic heterocycles. The van der Waals surface area contributed by atoms with Gasteiger partial charge < -0.3 is 4.84 Å². The van der Waals surface area contributed by atoms with Gasteiger partial charge in [-0.2, -0.15) is 0 Å². The predicted molar refractivity (Wildman–Crippen MR) is 98.6 cm³/mol. The minimum absolute atomic E-state index is 0.214. The van der Waals surface area contributed by atoms with E-state index < -0.39 is 0 Å². The van der Waals surface area contributed by atoms with E-state index in [1.54, 1.807) is 36.3 Å². The van der Waals surface area contributed by atoms with Crippen molar-refractivity contribution in [2.45, 2.75) is 16.5 Å². The monoisotopic (exact) mass is 372 g/mol. The van der Waals surface area contributed by atoms with Crippen molar-refractivity contribution in [3.05, 3.63) is 88.8 Å². The molecule has 2 aromatic carbocycles. The molecule has 6 heteroatoms. The Morgan fingerprint density at radius 3 is 2.68 bits per heavy atom.